The molecule has 2 aliphatic rings. The van der Waals surface area contributed by atoms with E-state index in [1.54, 1.807) is 0 Å². The summed E-state index contributed by atoms with van der Waals surface area (Å²) in [7, 11) is 0. The summed E-state index contributed by atoms with van der Waals surface area (Å²) in [6, 6.07) is 16.8. The molecule has 0 aromatic heterocycles. The number of piperidine rings is 1. The first-order valence-corrected chi connectivity index (χ1v) is 10.8. The first-order valence-electron chi connectivity index (χ1n) is 10.8. The molecule has 0 unspecified atom stereocenters. The average molecular weight is 394 g/mol. The third kappa shape index (κ3) is 4.80. The molecule has 1 amide bonds. The summed E-state index contributed by atoms with van der Waals surface area (Å²) in [6.45, 7) is 4.73. The Hall–Kier alpha value is -2.37. The number of hydrogen-bond donors (Lipinski definition) is 2. The van der Waals surface area contributed by atoms with E-state index in [4.69, 9.17) is 0 Å². The average Bonchev–Trinajstić information content (AvgIpc) is 3.21. The van der Waals surface area contributed by atoms with Crippen molar-refractivity contribution in [1.82, 2.24) is 10.2 Å². The minimum absolute atomic E-state index is 0.0152. The minimum Gasteiger partial charge on any atom is -0.395 e. The zero-order valence-corrected chi connectivity index (χ0v) is 17.0. The number of carbonyl (C=O) groups excluding carboxylic acids is 1. The SMILES string of the molecule is O=C(NCCCN1CCCC[C@@H]1CO)c1ccc(N2Cc3ccccc3C2)cc1. The topological polar surface area (TPSA) is 55.8 Å². The Morgan fingerprint density at radius 1 is 1.03 bits per heavy atom. The van der Waals surface area contributed by atoms with Gasteiger partial charge in [0.25, 0.3) is 5.91 Å². The van der Waals surface area contributed by atoms with Crippen molar-refractivity contribution in [3.8, 4) is 0 Å². The van der Waals surface area contributed by atoms with Crippen molar-refractivity contribution in [3.63, 3.8) is 0 Å². The van der Waals surface area contributed by atoms with Gasteiger partial charge in [-0.25, -0.2) is 0 Å². The highest BCUT2D eigenvalue weighted by Crippen LogP contribution is 2.28. The quantitative estimate of drug-likeness (QED) is 0.710. The summed E-state index contributed by atoms with van der Waals surface area (Å²) < 4.78 is 0. The van der Waals surface area contributed by atoms with E-state index >= 15 is 0 Å². The van der Waals surface area contributed by atoms with Crippen LogP contribution >= 0.6 is 0 Å². The normalized spacial score (nSPS) is 19.2. The molecule has 2 aromatic carbocycles. The van der Waals surface area contributed by atoms with Gasteiger partial charge in [0.2, 0.25) is 0 Å². The first kappa shape index (κ1) is 19.9. The number of nitrogens with one attached hydrogen (secondary N) is 1. The number of anilines is 1. The predicted molar refractivity (Wildman–Crippen MR) is 116 cm³/mol. The lowest BCUT2D eigenvalue weighted by atomic mass is 10.0. The third-order valence-electron chi connectivity index (χ3n) is 6.20. The summed E-state index contributed by atoms with van der Waals surface area (Å²) in [5.74, 6) is -0.0152. The fraction of sp³-hybridized carbons (Fsp3) is 0.458. The number of aliphatic hydroxyl groups excluding tert-OH is 1. The number of rotatable bonds is 7. The summed E-state index contributed by atoms with van der Waals surface area (Å²) >= 11 is 0. The van der Waals surface area contributed by atoms with E-state index in [9.17, 15) is 9.90 Å². The Morgan fingerprint density at radius 3 is 2.45 bits per heavy atom. The van der Waals surface area contributed by atoms with E-state index in [1.807, 2.05) is 24.3 Å². The van der Waals surface area contributed by atoms with E-state index in [1.165, 1.54) is 24.0 Å². The van der Waals surface area contributed by atoms with Crippen molar-refractivity contribution in [1.29, 1.82) is 0 Å². The van der Waals surface area contributed by atoms with Crippen molar-refractivity contribution < 1.29 is 9.90 Å². The molecule has 4 rings (SSSR count). The first-order chi connectivity index (χ1) is 14.2. The Morgan fingerprint density at radius 2 is 1.76 bits per heavy atom. The number of likely N-dealkylation sites (tertiary alicyclic amines) is 1. The van der Waals surface area contributed by atoms with Crippen LogP contribution in [0.3, 0.4) is 0 Å². The van der Waals surface area contributed by atoms with Crippen LogP contribution in [-0.2, 0) is 13.1 Å². The van der Waals surface area contributed by atoms with Crippen molar-refractivity contribution in [2.24, 2.45) is 0 Å². The van der Waals surface area contributed by atoms with Gasteiger partial charge in [-0.1, -0.05) is 30.7 Å². The molecule has 2 heterocycles. The van der Waals surface area contributed by atoms with Gasteiger partial charge in [0.15, 0.2) is 0 Å². The molecule has 0 saturated carbocycles. The Balaban J connectivity index is 1.23. The molecule has 29 heavy (non-hydrogen) atoms. The number of carbonyl (C=O) groups is 1. The van der Waals surface area contributed by atoms with Gasteiger partial charge in [0.1, 0.15) is 0 Å². The van der Waals surface area contributed by atoms with Crippen molar-refractivity contribution in [2.45, 2.75) is 44.8 Å². The predicted octanol–water partition coefficient (Wildman–Crippen LogP) is 3.17. The van der Waals surface area contributed by atoms with Crippen LogP contribution in [0, 0.1) is 0 Å². The largest absolute Gasteiger partial charge is 0.395 e. The fourth-order valence-corrected chi connectivity index (χ4v) is 4.49. The van der Waals surface area contributed by atoms with Crippen LogP contribution in [0.15, 0.2) is 48.5 Å². The molecule has 5 heteroatoms. The lowest BCUT2D eigenvalue weighted by Crippen LogP contribution is -2.43. The highest BCUT2D eigenvalue weighted by atomic mass is 16.3. The molecule has 1 saturated heterocycles. The van der Waals surface area contributed by atoms with Crippen LogP contribution in [0.5, 0.6) is 0 Å². The van der Waals surface area contributed by atoms with Gasteiger partial charge < -0.3 is 15.3 Å². The second-order valence-electron chi connectivity index (χ2n) is 8.15. The van der Waals surface area contributed by atoms with Crippen molar-refractivity contribution in [2.75, 3.05) is 31.1 Å². The fourth-order valence-electron chi connectivity index (χ4n) is 4.49. The van der Waals surface area contributed by atoms with Crippen LogP contribution in [0.4, 0.5) is 5.69 Å². The van der Waals surface area contributed by atoms with Crippen molar-refractivity contribution >= 4 is 11.6 Å². The van der Waals surface area contributed by atoms with E-state index in [0.717, 1.165) is 44.7 Å². The summed E-state index contributed by atoms with van der Waals surface area (Å²) in [5.41, 5.74) is 4.62. The van der Waals surface area contributed by atoms with Gasteiger partial charge in [0.05, 0.1) is 6.61 Å². The molecule has 0 bridgehead atoms. The van der Waals surface area contributed by atoms with Gasteiger partial charge in [-0.05, 0) is 61.2 Å². The molecule has 0 spiro atoms. The van der Waals surface area contributed by atoms with Gasteiger partial charge in [-0.15, -0.1) is 0 Å². The van der Waals surface area contributed by atoms with Crippen LogP contribution in [0.25, 0.3) is 0 Å². The lowest BCUT2D eigenvalue weighted by Gasteiger charge is -2.34. The monoisotopic (exact) mass is 393 g/mol. The maximum Gasteiger partial charge on any atom is 0.251 e. The lowest BCUT2D eigenvalue weighted by molar-refractivity contribution is 0.0868. The van der Waals surface area contributed by atoms with Crippen LogP contribution in [0.1, 0.15) is 47.2 Å². The second kappa shape index (κ2) is 9.42. The van der Waals surface area contributed by atoms with Gasteiger partial charge in [-0.3, -0.25) is 9.69 Å². The number of hydrogen-bond acceptors (Lipinski definition) is 4. The maximum absolute atomic E-state index is 12.4. The highest BCUT2D eigenvalue weighted by Gasteiger charge is 2.21. The zero-order valence-electron chi connectivity index (χ0n) is 17.0. The van der Waals surface area contributed by atoms with E-state index in [-0.39, 0.29) is 12.5 Å². The van der Waals surface area contributed by atoms with Gasteiger partial charge in [-0.2, -0.15) is 0 Å². The highest BCUT2D eigenvalue weighted by molar-refractivity contribution is 5.94. The second-order valence-corrected chi connectivity index (χ2v) is 8.15. The van der Waals surface area contributed by atoms with E-state index in [0.29, 0.717) is 18.2 Å². The van der Waals surface area contributed by atoms with Gasteiger partial charge >= 0.3 is 0 Å². The van der Waals surface area contributed by atoms with Gasteiger partial charge in [0, 0.05) is 43.5 Å². The summed E-state index contributed by atoms with van der Waals surface area (Å²) in [5, 5.41) is 12.5. The molecule has 5 nitrogen and oxygen atoms in total. The summed E-state index contributed by atoms with van der Waals surface area (Å²) in [6.07, 6.45) is 4.40. The molecule has 0 radical (unpaired) electrons. The summed E-state index contributed by atoms with van der Waals surface area (Å²) in [4.78, 5) is 17.1. The maximum atomic E-state index is 12.4. The number of nitrogens with zero attached hydrogens (tertiary/aromatic N) is 2. The molecular formula is C24H31N3O2. The van der Waals surface area contributed by atoms with Crippen LogP contribution in [-0.4, -0.2) is 48.2 Å². The molecule has 0 aliphatic carbocycles. The molecule has 2 aromatic rings. The van der Waals surface area contributed by atoms with E-state index in [2.05, 4.69) is 39.4 Å². The number of benzene rings is 2. The standard InChI is InChI=1S/C24H31N3O2/c28-18-23-8-3-4-14-26(23)15-5-13-25-24(29)19-9-11-22(12-10-19)27-16-20-6-1-2-7-21(20)17-27/h1-2,6-7,9-12,23,28H,3-5,8,13-18H2,(H,25,29)/t23-/m1/s1. The van der Waals surface area contributed by atoms with Crippen molar-refractivity contribution in [3.05, 3.63) is 65.2 Å². The number of amides is 1. The molecule has 1 fully saturated rings. The van der Waals surface area contributed by atoms with Crippen LogP contribution in [0.2, 0.25) is 0 Å². The number of aliphatic hydroxyl groups is 1. The molecular weight excluding hydrogens is 362 g/mol. The third-order valence-corrected chi connectivity index (χ3v) is 6.20. The smallest absolute Gasteiger partial charge is 0.251 e. The van der Waals surface area contributed by atoms with Crippen LogP contribution < -0.4 is 10.2 Å². The molecule has 154 valence electrons. The minimum atomic E-state index is -0.0152. The molecule has 2 aliphatic heterocycles. The zero-order chi connectivity index (χ0) is 20.1. The Kier molecular flexibility index (Phi) is 6.47. The Labute approximate surface area is 173 Å². The molecule has 1 atom stereocenters. The molecule has 2 N–H and O–H groups in total. The van der Waals surface area contributed by atoms with E-state index < -0.39 is 0 Å². The Bertz CT molecular complexity index is 796. The number of fused-ring (bicyclic) bond motifs is 1.